The number of nitrogens with zero attached hydrogens (tertiary/aromatic N) is 2. The van der Waals surface area contributed by atoms with Crippen LogP contribution in [-0.2, 0) is 10.0 Å². The average Bonchev–Trinajstić information content (AvgIpc) is 2.77. The van der Waals surface area contributed by atoms with E-state index in [0.29, 0.717) is 21.9 Å². The van der Waals surface area contributed by atoms with Gasteiger partial charge in [-0.05, 0) is 44.9 Å². The number of sulfonamides is 1. The van der Waals surface area contributed by atoms with Gasteiger partial charge in [0.1, 0.15) is 5.52 Å². The standard InChI is InChI=1S/C15H20N2O3S/c1-10-5-4-6-11(2)17(10)21(18,19)13-7-8-15-14(9-13)16-12(3)20-15/h7-11H,4-6H2,1-3H3. The average molecular weight is 308 g/mol. The van der Waals surface area contributed by atoms with Crippen molar-refractivity contribution in [1.82, 2.24) is 9.29 Å². The summed E-state index contributed by atoms with van der Waals surface area (Å²) in [6.45, 7) is 5.71. The molecule has 2 heterocycles. The van der Waals surface area contributed by atoms with Gasteiger partial charge in [0, 0.05) is 19.0 Å². The zero-order valence-electron chi connectivity index (χ0n) is 12.5. The fourth-order valence-corrected chi connectivity index (χ4v) is 5.08. The summed E-state index contributed by atoms with van der Waals surface area (Å²) >= 11 is 0. The maximum Gasteiger partial charge on any atom is 0.243 e. The first-order valence-electron chi connectivity index (χ1n) is 7.30. The summed E-state index contributed by atoms with van der Waals surface area (Å²) in [7, 11) is -3.49. The van der Waals surface area contributed by atoms with Crippen LogP contribution in [0.1, 0.15) is 39.0 Å². The summed E-state index contributed by atoms with van der Waals surface area (Å²) in [6, 6.07) is 4.97. The fraction of sp³-hybridized carbons (Fsp3) is 0.533. The molecule has 1 fully saturated rings. The Balaban J connectivity index is 2.06. The van der Waals surface area contributed by atoms with Crippen molar-refractivity contribution < 1.29 is 12.8 Å². The molecule has 2 unspecified atom stereocenters. The SMILES string of the molecule is Cc1nc2cc(S(=O)(=O)N3C(C)CCCC3C)ccc2o1. The molecule has 6 heteroatoms. The van der Waals surface area contributed by atoms with E-state index in [1.54, 1.807) is 29.4 Å². The largest absolute Gasteiger partial charge is 0.441 e. The molecule has 1 aliphatic heterocycles. The van der Waals surface area contributed by atoms with Crippen LogP contribution >= 0.6 is 0 Å². The molecule has 0 N–H and O–H groups in total. The van der Waals surface area contributed by atoms with Crippen molar-refractivity contribution in [3.63, 3.8) is 0 Å². The van der Waals surface area contributed by atoms with Crippen LogP contribution in [0.4, 0.5) is 0 Å². The summed E-state index contributed by atoms with van der Waals surface area (Å²) in [5, 5.41) is 0. The van der Waals surface area contributed by atoms with Crippen molar-refractivity contribution in [1.29, 1.82) is 0 Å². The van der Waals surface area contributed by atoms with E-state index in [2.05, 4.69) is 4.98 Å². The molecule has 3 rings (SSSR count). The predicted molar refractivity (Wildman–Crippen MR) is 80.5 cm³/mol. The smallest absolute Gasteiger partial charge is 0.243 e. The van der Waals surface area contributed by atoms with Crippen LogP contribution in [0, 0.1) is 6.92 Å². The third-order valence-corrected chi connectivity index (χ3v) is 6.28. The number of oxazole rings is 1. The lowest BCUT2D eigenvalue weighted by Gasteiger charge is -2.37. The molecule has 0 saturated carbocycles. The number of rotatable bonds is 2. The minimum Gasteiger partial charge on any atom is -0.441 e. The lowest BCUT2D eigenvalue weighted by molar-refractivity contribution is 0.204. The van der Waals surface area contributed by atoms with Gasteiger partial charge in [-0.15, -0.1) is 0 Å². The van der Waals surface area contributed by atoms with Crippen molar-refractivity contribution >= 4 is 21.1 Å². The summed E-state index contributed by atoms with van der Waals surface area (Å²) in [6.07, 6.45) is 2.90. The predicted octanol–water partition coefficient (Wildman–Crippen LogP) is 3.09. The Morgan fingerprint density at radius 3 is 2.57 bits per heavy atom. The molecule has 0 bridgehead atoms. The zero-order valence-corrected chi connectivity index (χ0v) is 13.4. The molecular formula is C15H20N2O3S. The van der Waals surface area contributed by atoms with Crippen molar-refractivity contribution in [2.24, 2.45) is 0 Å². The molecule has 1 aromatic carbocycles. The quantitative estimate of drug-likeness (QED) is 0.855. The Morgan fingerprint density at radius 2 is 1.90 bits per heavy atom. The van der Waals surface area contributed by atoms with E-state index in [9.17, 15) is 8.42 Å². The summed E-state index contributed by atoms with van der Waals surface area (Å²) < 4.78 is 32.9. The van der Waals surface area contributed by atoms with Crippen LogP contribution in [-0.4, -0.2) is 29.8 Å². The number of hydrogen-bond acceptors (Lipinski definition) is 4. The molecule has 2 atom stereocenters. The Kier molecular flexibility index (Phi) is 3.53. The van der Waals surface area contributed by atoms with Crippen LogP contribution < -0.4 is 0 Å². The highest BCUT2D eigenvalue weighted by molar-refractivity contribution is 7.89. The zero-order chi connectivity index (χ0) is 15.2. The van der Waals surface area contributed by atoms with Gasteiger partial charge in [-0.2, -0.15) is 4.31 Å². The minimum atomic E-state index is -3.49. The van der Waals surface area contributed by atoms with Gasteiger partial charge >= 0.3 is 0 Å². The monoisotopic (exact) mass is 308 g/mol. The highest BCUT2D eigenvalue weighted by Crippen LogP contribution is 2.30. The van der Waals surface area contributed by atoms with Crippen molar-refractivity contribution in [2.75, 3.05) is 0 Å². The topological polar surface area (TPSA) is 63.4 Å². The second-order valence-corrected chi connectivity index (χ2v) is 7.67. The third-order valence-electron chi connectivity index (χ3n) is 4.15. The van der Waals surface area contributed by atoms with Gasteiger partial charge in [0.05, 0.1) is 4.90 Å². The molecular weight excluding hydrogens is 288 g/mol. The second-order valence-electron chi connectivity index (χ2n) is 5.83. The van der Waals surface area contributed by atoms with E-state index in [-0.39, 0.29) is 12.1 Å². The molecule has 114 valence electrons. The number of aryl methyl sites for hydroxylation is 1. The normalized spacial score (nSPS) is 24.5. The first kappa shape index (κ1) is 14.5. The summed E-state index contributed by atoms with van der Waals surface area (Å²) in [4.78, 5) is 4.52. The van der Waals surface area contributed by atoms with E-state index >= 15 is 0 Å². The van der Waals surface area contributed by atoms with Crippen LogP contribution in [0.2, 0.25) is 0 Å². The van der Waals surface area contributed by atoms with Gasteiger partial charge in [0.15, 0.2) is 11.5 Å². The maximum atomic E-state index is 12.9. The van der Waals surface area contributed by atoms with E-state index in [0.717, 1.165) is 19.3 Å². The van der Waals surface area contributed by atoms with E-state index in [4.69, 9.17) is 4.42 Å². The molecule has 1 aromatic heterocycles. The van der Waals surface area contributed by atoms with Crippen molar-refractivity contribution in [2.45, 2.75) is 57.0 Å². The van der Waals surface area contributed by atoms with Gasteiger partial charge < -0.3 is 4.42 Å². The summed E-state index contributed by atoms with van der Waals surface area (Å²) in [5.74, 6) is 0.541. The first-order chi connectivity index (χ1) is 9.89. The molecule has 0 amide bonds. The molecule has 1 aliphatic rings. The second kappa shape index (κ2) is 5.10. The number of aromatic nitrogens is 1. The molecule has 0 spiro atoms. The highest BCUT2D eigenvalue weighted by Gasteiger charge is 2.35. The van der Waals surface area contributed by atoms with E-state index in [1.807, 2.05) is 13.8 Å². The maximum absolute atomic E-state index is 12.9. The van der Waals surface area contributed by atoms with Gasteiger partial charge in [-0.3, -0.25) is 0 Å². The molecule has 1 saturated heterocycles. The first-order valence-corrected chi connectivity index (χ1v) is 8.74. The molecule has 0 aliphatic carbocycles. The molecule has 5 nitrogen and oxygen atoms in total. The Hall–Kier alpha value is -1.40. The van der Waals surface area contributed by atoms with Gasteiger partial charge in [-0.1, -0.05) is 6.42 Å². The third kappa shape index (κ3) is 2.46. The fourth-order valence-electron chi connectivity index (χ4n) is 3.18. The minimum absolute atomic E-state index is 0.0356. The van der Waals surface area contributed by atoms with Crippen LogP contribution in [0.15, 0.2) is 27.5 Å². The number of hydrogen-bond donors (Lipinski definition) is 0. The van der Waals surface area contributed by atoms with Crippen LogP contribution in [0.5, 0.6) is 0 Å². The lowest BCUT2D eigenvalue weighted by Crippen LogP contribution is -2.47. The van der Waals surface area contributed by atoms with Gasteiger partial charge in [0.25, 0.3) is 0 Å². The molecule has 21 heavy (non-hydrogen) atoms. The van der Waals surface area contributed by atoms with Crippen molar-refractivity contribution in [3.05, 3.63) is 24.1 Å². The Morgan fingerprint density at radius 1 is 1.24 bits per heavy atom. The highest BCUT2D eigenvalue weighted by atomic mass is 32.2. The number of piperidine rings is 1. The molecule has 2 aromatic rings. The lowest BCUT2D eigenvalue weighted by atomic mass is 10.0. The van der Waals surface area contributed by atoms with Crippen molar-refractivity contribution in [3.8, 4) is 0 Å². The van der Waals surface area contributed by atoms with Gasteiger partial charge in [-0.25, -0.2) is 13.4 Å². The Bertz CT molecular complexity index is 756. The number of fused-ring (bicyclic) bond motifs is 1. The number of benzene rings is 1. The molecule has 0 radical (unpaired) electrons. The van der Waals surface area contributed by atoms with Crippen LogP contribution in [0.25, 0.3) is 11.1 Å². The Labute approximate surface area is 125 Å². The van der Waals surface area contributed by atoms with E-state index in [1.165, 1.54) is 0 Å². The van der Waals surface area contributed by atoms with Gasteiger partial charge in [0.2, 0.25) is 10.0 Å². The van der Waals surface area contributed by atoms with E-state index < -0.39 is 10.0 Å². The van der Waals surface area contributed by atoms with Crippen LogP contribution in [0.3, 0.4) is 0 Å². The summed E-state index contributed by atoms with van der Waals surface area (Å²) in [5.41, 5.74) is 1.21.